The van der Waals surface area contributed by atoms with Crippen LogP contribution >= 0.6 is 0 Å². The largest absolute Gasteiger partial charge is 0.411 e. The lowest BCUT2D eigenvalue weighted by atomic mass is 10.2. The Labute approximate surface area is 56.4 Å². The van der Waals surface area contributed by atoms with Gasteiger partial charge in [0.25, 0.3) is 0 Å². The predicted octanol–water partition coefficient (Wildman–Crippen LogP) is 0.0524. The molecule has 1 aromatic rings. The van der Waals surface area contributed by atoms with Gasteiger partial charge in [-0.1, -0.05) is 5.16 Å². The number of rotatable bonds is 2. The molecule has 5 nitrogen and oxygen atoms in total. The van der Waals surface area contributed by atoms with Gasteiger partial charge < -0.3 is 5.21 Å². The SMILES string of the molecule is O=C(C=NO)c1cn[nH]c1. The van der Waals surface area contributed by atoms with Crippen LogP contribution in [0.3, 0.4) is 0 Å². The van der Waals surface area contributed by atoms with Gasteiger partial charge in [0, 0.05) is 6.20 Å². The van der Waals surface area contributed by atoms with Gasteiger partial charge in [0.1, 0.15) is 6.21 Å². The van der Waals surface area contributed by atoms with Crippen molar-refractivity contribution in [1.29, 1.82) is 0 Å². The van der Waals surface area contributed by atoms with Crippen molar-refractivity contribution in [2.45, 2.75) is 0 Å². The summed E-state index contributed by atoms with van der Waals surface area (Å²) in [5.74, 6) is -0.378. The van der Waals surface area contributed by atoms with Crippen LogP contribution in [0.15, 0.2) is 17.5 Å². The molecule has 0 aliphatic rings. The van der Waals surface area contributed by atoms with Gasteiger partial charge in [-0.05, 0) is 0 Å². The fourth-order valence-corrected chi connectivity index (χ4v) is 0.513. The molecule has 0 bridgehead atoms. The van der Waals surface area contributed by atoms with Gasteiger partial charge in [-0.15, -0.1) is 0 Å². The maximum Gasteiger partial charge on any atom is 0.210 e. The van der Waals surface area contributed by atoms with Crippen LogP contribution in [0.4, 0.5) is 0 Å². The Kier molecular flexibility index (Phi) is 1.79. The van der Waals surface area contributed by atoms with Crippen LogP contribution in [0.25, 0.3) is 0 Å². The molecule has 2 N–H and O–H groups in total. The summed E-state index contributed by atoms with van der Waals surface area (Å²) >= 11 is 0. The Morgan fingerprint density at radius 3 is 3.20 bits per heavy atom. The van der Waals surface area contributed by atoms with E-state index in [4.69, 9.17) is 5.21 Å². The molecule has 0 amide bonds. The normalized spacial score (nSPS) is 10.4. The summed E-state index contributed by atoms with van der Waals surface area (Å²) in [4.78, 5) is 10.7. The third-order valence-corrected chi connectivity index (χ3v) is 0.958. The van der Waals surface area contributed by atoms with Gasteiger partial charge in [-0.2, -0.15) is 5.10 Å². The van der Waals surface area contributed by atoms with Gasteiger partial charge in [0.05, 0.1) is 11.8 Å². The zero-order valence-corrected chi connectivity index (χ0v) is 4.98. The molecule has 1 rings (SSSR count). The number of aromatic amines is 1. The lowest BCUT2D eigenvalue weighted by Gasteiger charge is -1.80. The summed E-state index contributed by atoms with van der Waals surface area (Å²) < 4.78 is 0. The molecule has 0 saturated heterocycles. The summed E-state index contributed by atoms with van der Waals surface area (Å²) in [6.07, 6.45) is 3.58. The standard InChI is InChI=1S/C5H5N3O2/c9-5(3-8-10)4-1-6-7-2-4/h1-3,10H,(H,6,7). The summed E-state index contributed by atoms with van der Waals surface area (Å²) in [7, 11) is 0. The summed E-state index contributed by atoms with van der Waals surface area (Å²) in [6, 6.07) is 0. The highest BCUT2D eigenvalue weighted by atomic mass is 16.4. The molecule has 1 heterocycles. The van der Waals surface area contributed by atoms with E-state index in [1.165, 1.54) is 12.4 Å². The number of hydrogen-bond acceptors (Lipinski definition) is 4. The molecule has 0 saturated carbocycles. The van der Waals surface area contributed by atoms with Gasteiger partial charge in [-0.25, -0.2) is 0 Å². The fourth-order valence-electron chi connectivity index (χ4n) is 0.513. The van der Waals surface area contributed by atoms with Gasteiger partial charge in [0.15, 0.2) is 0 Å². The van der Waals surface area contributed by atoms with E-state index in [-0.39, 0.29) is 5.78 Å². The molecule has 10 heavy (non-hydrogen) atoms. The van der Waals surface area contributed by atoms with Crippen LogP contribution in [-0.2, 0) is 0 Å². The molecular weight excluding hydrogens is 134 g/mol. The van der Waals surface area contributed by atoms with E-state index in [1.54, 1.807) is 0 Å². The Hall–Kier alpha value is -1.65. The molecule has 0 spiro atoms. The number of nitrogens with one attached hydrogen (secondary N) is 1. The Morgan fingerprint density at radius 1 is 1.90 bits per heavy atom. The molecular formula is C5H5N3O2. The number of ketones is 1. The van der Waals surface area contributed by atoms with Crippen molar-refractivity contribution in [2.75, 3.05) is 0 Å². The summed E-state index contributed by atoms with van der Waals surface area (Å²) in [5.41, 5.74) is 0.373. The number of hydrogen-bond donors (Lipinski definition) is 2. The maximum atomic E-state index is 10.7. The van der Waals surface area contributed by atoms with Gasteiger partial charge >= 0.3 is 0 Å². The van der Waals surface area contributed by atoms with Gasteiger partial charge in [0.2, 0.25) is 5.78 Å². The minimum atomic E-state index is -0.378. The number of aromatic nitrogens is 2. The highest BCUT2D eigenvalue weighted by molar-refractivity contribution is 6.35. The first kappa shape index (κ1) is 6.47. The van der Waals surface area contributed by atoms with Crippen molar-refractivity contribution in [3.63, 3.8) is 0 Å². The quantitative estimate of drug-likeness (QED) is 0.263. The smallest absolute Gasteiger partial charge is 0.210 e. The number of carbonyl (C=O) groups is 1. The highest BCUT2D eigenvalue weighted by Gasteiger charge is 2.01. The first-order chi connectivity index (χ1) is 4.84. The van der Waals surface area contributed by atoms with Crippen LogP contribution in [0.1, 0.15) is 10.4 Å². The van der Waals surface area contributed by atoms with Crippen LogP contribution in [0.2, 0.25) is 0 Å². The van der Waals surface area contributed by atoms with E-state index >= 15 is 0 Å². The topological polar surface area (TPSA) is 78.3 Å². The fraction of sp³-hybridized carbons (Fsp3) is 0. The molecule has 52 valence electrons. The number of nitrogens with zero attached hydrogens (tertiary/aromatic N) is 2. The molecule has 5 heteroatoms. The van der Waals surface area contributed by atoms with Crippen molar-refractivity contribution in [2.24, 2.45) is 5.16 Å². The second-order valence-electron chi connectivity index (χ2n) is 1.60. The van der Waals surface area contributed by atoms with Crippen molar-refractivity contribution >= 4 is 12.0 Å². The van der Waals surface area contributed by atoms with E-state index in [0.717, 1.165) is 6.21 Å². The predicted molar refractivity (Wildman–Crippen MR) is 33.2 cm³/mol. The number of Topliss-reactive ketones (excluding diaryl/α,β-unsaturated/α-hetero) is 1. The average molecular weight is 139 g/mol. The number of H-pyrrole nitrogens is 1. The third kappa shape index (κ3) is 1.19. The molecule has 0 aromatic carbocycles. The monoisotopic (exact) mass is 139 g/mol. The molecule has 0 atom stereocenters. The first-order valence-electron chi connectivity index (χ1n) is 2.55. The Morgan fingerprint density at radius 2 is 2.70 bits per heavy atom. The lowest BCUT2D eigenvalue weighted by molar-refractivity contribution is 0.106. The highest BCUT2D eigenvalue weighted by Crippen LogP contribution is 1.92. The first-order valence-corrected chi connectivity index (χ1v) is 2.55. The Bertz CT molecular complexity index is 239. The molecule has 0 fully saturated rings. The van der Waals surface area contributed by atoms with Crippen molar-refractivity contribution in [3.8, 4) is 0 Å². The molecule has 0 aliphatic carbocycles. The van der Waals surface area contributed by atoms with Crippen molar-refractivity contribution in [3.05, 3.63) is 18.0 Å². The van der Waals surface area contributed by atoms with Crippen molar-refractivity contribution in [1.82, 2.24) is 10.2 Å². The average Bonchev–Trinajstić information content (AvgIpc) is 2.38. The van der Waals surface area contributed by atoms with E-state index in [0.29, 0.717) is 5.56 Å². The zero-order valence-electron chi connectivity index (χ0n) is 4.98. The zero-order chi connectivity index (χ0) is 7.40. The minimum Gasteiger partial charge on any atom is -0.411 e. The summed E-state index contributed by atoms with van der Waals surface area (Å²) in [5, 5.41) is 16.5. The van der Waals surface area contributed by atoms with Crippen LogP contribution < -0.4 is 0 Å². The van der Waals surface area contributed by atoms with Gasteiger partial charge in [-0.3, -0.25) is 9.89 Å². The lowest BCUT2D eigenvalue weighted by Crippen LogP contribution is -1.97. The second-order valence-corrected chi connectivity index (χ2v) is 1.60. The number of oxime groups is 1. The molecule has 1 aromatic heterocycles. The summed E-state index contributed by atoms with van der Waals surface area (Å²) in [6.45, 7) is 0. The molecule has 0 radical (unpaired) electrons. The van der Waals surface area contributed by atoms with Crippen molar-refractivity contribution < 1.29 is 10.0 Å². The van der Waals surface area contributed by atoms with E-state index in [2.05, 4.69) is 15.4 Å². The number of carbonyl (C=O) groups excluding carboxylic acids is 1. The Balaban J connectivity index is 2.78. The van der Waals surface area contributed by atoms with Crippen LogP contribution in [-0.4, -0.2) is 27.4 Å². The third-order valence-electron chi connectivity index (χ3n) is 0.958. The van der Waals surface area contributed by atoms with E-state index < -0.39 is 0 Å². The van der Waals surface area contributed by atoms with Crippen LogP contribution in [0.5, 0.6) is 0 Å². The van der Waals surface area contributed by atoms with E-state index in [1.807, 2.05) is 0 Å². The maximum absolute atomic E-state index is 10.7. The molecule has 0 aliphatic heterocycles. The minimum absolute atomic E-state index is 0.373. The van der Waals surface area contributed by atoms with Crippen LogP contribution in [0, 0.1) is 0 Å². The molecule has 0 unspecified atom stereocenters. The second kappa shape index (κ2) is 2.77. The van der Waals surface area contributed by atoms with E-state index in [9.17, 15) is 4.79 Å².